The molecule has 0 radical (unpaired) electrons. The van der Waals surface area contributed by atoms with E-state index in [-0.39, 0.29) is 17.5 Å². The first kappa shape index (κ1) is 13.6. The molecule has 0 saturated carbocycles. The molecule has 0 saturated heterocycles. The maximum atomic E-state index is 12.1. The van der Waals surface area contributed by atoms with E-state index in [1.807, 2.05) is 6.92 Å². The summed E-state index contributed by atoms with van der Waals surface area (Å²) in [5, 5.41) is 12.8. The number of sulfonamides is 1. The Morgan fingerprint density at radius 3 is 2.79 bits per heavy atom. The third-order valence-electron chi connectivity index (χ3n) is 2.54. The molecule has 0 bridgehead atoms. The van der Waals surface area contributed by atoms with Gasteiger partial charge in [-0.1, -0.05) is 6.92 Å². The Balaban J connectivity index is 2.30. The zero-order valence-corrected chi connectivity index (χ0v) is 11.4. The van der Waals surface area contributed by atoms with E-state index in [2.05, 4.69) is 9.82 Å². The van der Waals surface area contributed by atoms with Crippen LogP contribution in [-0.2, 0) is 30.1 Å². The third-order valence-corrected chi connectivity index (χ3v) is 3.78. The van der Waals surface area contributed by atoms with Crippen LogP contribution in [0.3, 0.4) is 0 Å². The van der Waals surface area contributed by atoms with Crippen LogP contribution in [0.15, 0.2) is 27.8 Å². The van der Waals surface area contributed by atoms with Crippen LogP contribution in [0.25, 0.3) is 0 Å². The van der Waals surface area contributed by atoms with Crippen LogP contribution in [0.4, 0.5) is 5.69 Å². The zero-order valence-electron chi connectivity index (χ0n) is 10.6. The van der Waals surface area contributed by atoms with Gasteiger partial charge in [-0.2, -0.15) is 13.5 Å². The van der Waals surface area contributed by atoms with Crippen molar-refractivity contribution in [3.63, 3.8) is 0 Å². The molecule has 0 spiro atoms. The van der Waals surface area contributed by atoms with Crippen molar-refractivity contribution in [3.8, 4) is 0 Å². The van der Waals surface area contributed by atoms with Crippen molar-refractivity contribution in [3.05, 3.63) is 29.8 Å². The summed E-state index contributed by atoms with van der Waals surface area (Å²) in [6, 6.07) is 2.72. The van der Waals surface area contributed by atoms with Gasteiger partial charge >= 0.3 is 0 Å². The Hall–Kier alpha value is -1.80. The van der Waals surface area contributed by atoms with Crippen LogP contribution in [0.1, 0.15) is 18.4 Å². The Labute approximate surface area is 110 Å². The number of hydrogen-bond donors (Lipinski definition) is 2. The first-order valence-electron chi connectivity index (χ1n) is 5.71. The largest absolute Gasteiger partial charge is 0.445 e. The molecule has 2 aromatic heterocycles. The van der Waals surface area contributed by atoms with Crippen LogP contribution in [0, 0.1) is 0 Å². The molecule has 2 N–H and O–H groups in total. The van der Waals surface area contributed by atoms with Crippen LogP contribution >= 0.6 is 0 Å². The summed E-state index contributed by atoms with van der Waals surface area (Å²) in [4.78, 5) is 0. The fraction of sp³-hybridized carbons (Fsp3) is 0.364. The molecule has 2 rings (SSSR count). The molecule has 0 unspecified atom stereocenters. The normalized spacial score (nSPS) is 11.7. The molecule has 2 aromatic rings. The molecule has 8 heteroatoms. The Kier molecular flexibility index (Phi) is 3.63. The summed E-state index contributed by atoms with van der Waals surface area (Å²) in [6.07, 6.45) is 2.20. The highest BCUT2D eigenvalue weighted by molar-refractivity contribution is 7.92. The van der Waals surface area contributed by atoms with Gasteiger partial charge in [0, 0.05) is 13.2 Å². The molecule has 0 aliphatic carbocycles. The minimum atomic E-state index is -3.80. The van der Waals surface area contributed by atoms with Gasteiger partial charge in [0.05, 0.1) is 11.4 Å². The lowest BCUT2D eigenvalue weighted by atomic mass is 10.3. The quantitative estimate of drug-likeness (QED) is 0.849. The molecular formula is C11H15N3O4S. The number of furan rings is 1. The second kappa shape index (κ2) is 5.06. The highest BCUT2D eigenvalue weighted by Gasteiger charge is 2.21. The summed E-state index contributed by atoms with van der Waals surface area (Å²) in [5.41, 5.74) is 1.08. The number of hydrogen-bond acceptors (Lipinski definition) is 5. The number of aliphatic hydroxyl groups is 1. The first-order valence-corrected chi connectivity index (χ1v) is 7.19. The van der Waals surface area contributed by atoms with Crippen LogP contribution in [-0.4, -0.2) is 23.3 Å². The fourth-order valence-corrected chi connectivity index (χ4v) is 2.69. The van der Waals surface area contributed by atoms with Gasteiger partial charge in [0.1, 0.15) is 12.4 Å². The molecule has 0 fully saturated rings. The van der Waals surface area contributed by atoms with Crippen molar-refractivity contribution in [2.24, 2.45) is 7.05 Å². The van der Waals surface area contributed by atoms with E-state index in [1.54, 1.807) is 13.2 Å². The molecule has 0 atom stereocenters. The second-order valence-electron chi connectivity index (χ2n) is 4.00. The van der Waals surface area contributed by atoms with Gasteiger partial charge in [-0.3, -0.25) is 9.40 Å². The average Bonchev–Trinajstić information content (AvgIpc) is 2.95. The lowest BCUT2D eigenvalue weighted by Gasteiger charge is -2.04. The zero-order chi connectivity index (χ0) is 14.0. The smallest absolute Gasteiger partial charge is 0.295 e. The minimum absolute atomic E-state index is 0.197. The second-order valence-corrected chi connectivity index (χ2v) is 5.61. The first-order chi connectivity index (χ1) is 8.96. The van der Waals surface area contributed by atoms with Crippen molar-refractivity contribution in [2.75, 3.05) is 4.72 Å². The number of aliphatic hydroxyl groups excluding tert-OH is 1. The van der Waals surface area contributed by atoms with E-state index in [0.29, 0.717) is 17.8 Å². The van der Waals surface area contributed by atoms with E-state index in [1.165, 1.54) is 16.8 Å². The fourth-order valence-electron chi connectivity index (χ4n) is 1.66. The van der Waals surface area contributed by atoms with E-state index in [9.17, 15) is 8.42 Å². The summed E-state index contributed by atoms with van der Waals surface area (Å²) in [5.74, 6) is 0.197. The summed E-state index contributed by atoms with van der Waals surface area (Å²) in [7, 11) is -2.09. The lowest BCUT2D eigenvalue weighted by molar-refractivity contribution is 0.236. The minimum Gasteiger partial charge on any atom is -0.445 e. The van der Waals surface area contributed by atoms with Gasteiger partial charge in [0.2, 0.25) is 5.09 Å². The molecule has 0 aromatic carbocycles. The van der Waals surface area contributed by atoms with Gasteiger partial charge in [-0.15, -0.1) is 0 Å². The Morgan fingerprint density at radius 2 is 2.21 bits per heavy atom. The number of anilines is 1. The standard InChI is InChI=1S/C11H15N3O4S/c1-3-9-10(6-14(2)12-9)13-19(16,17)11-5-4-8(7-15)18-11/h4-6,13,15H,3,7H2,1-2H3. The summed E-state index contributed by atoms with van der Waals surface area (Å²) in [6.45, 7) is 1.54. The van der Waals surface area contributed by atoms with E-state index in [4.69, 9.17) is 9.52 Å². The van der Waals surface area contributed by atoms with Gasteiger partial charge in [-0.25, -0.2) is 0 Å². The van der Waals surface area contributed by atoms with Crippen molar-refractivity contribution in [1.82, 2.24) is 9.78 Å². The van der Waals surface area contributed by atoms with Gasteiger partial charge in [0.25, 0.3) is 10.0 Å². The van der Waals surface area contributed by atoms with Crippen molar-refractivity contribution in [2.45, 2.75) is 25.0 Å². The van der Waals surface area contributed by atoms with Crippen molar-refractivity contribution >= 4 is 15.7 Å². The van der Waals surface area contributed by atoms with Gasteiger partial charge in [-0.05, 0) is 18.6 Å². The monoisotopic (exact) mass is 285 g/mol. The molecule has 0 aliphatic rings. The number of nitrogens with zero attached hydrogens (tertiary/aromatic N) is 2. The summed E-state index contributed by atoms with van der Waals surface area (Å²) >= 11 is 0. The highest BCUT2D eigenvalue weighted by Crippen LogP contribution is 2.21. The predicted molar refractivity (Wildman–Crippen MR) is 68.0 cm³/mol. The predicted octanol–water partition coefficient (Wildman–Crippen LogP) is 0.869. The topological polar surface area (TPSA) is 97.4 Å². The SMILES string of the molecule is CCc1nn(C)cc1NS(=O)(=O)c1ccc(CO)o1. The number of nitrogens with one attached hydrogen (secondary N) is 1. The molecule has 104 valence electrons. The molecule has 0 aliphatic heterocycles. The van der Waals surface area contributed by atoms with Crippen LogP contribution in [0.5, 0.6) is 0 Å². The number of rotatable bonds is 5. The third kappa shape index (κ3) is 2.79. The van der Waals surface area contributed by atoms with Crippen molar-refractivity contribution in [1.29, 1.82) is 0 Å². The molecule has 0 amide bonds. The van der Waals surface area contributed by atoms with Gasteiger partial charge in [0.15, 0.2) is 0 Å². The summed E-state index contributed by atoms with van der Waals surface area (Å²) < 4.78 is 33.2. The molecular weight excluding hydrogens is 270 g/mol. The van der Waals surface area contributed by atoms with E-state index >= 15 is 0 Å². The average molecular weight is 285 g/mol. The molecule has 2 heterocycles. The van der Waals surface area contributed by atoms with Crippen molar-refractivity contribution < 1.29 is 17.9 Å². The maximum Gasteiger partial charge on any atom is 0.295 e. The van der Waals surface area contributed by atoms with E-state index < -0.39 is 10.0 Å². The Bertz CT molecular complexity index is 672. The number of aryl methyl sites for hydroxylation is 2. The van der Waals surface area contributed by atoms with E-state index in [0.717, 1.165) is 0 Å². The van der Waals surface area contributed by atoms with Crippen LogP contribution < -0.4 is 4.72 Å². The Morgan fingerprint density at radius 1 is 1.47 bits per heavy atom. The molecule has 19 heavy (non-hydrogen) atoms. The molecule has 7 nitrogen and oxygen atoms in total. The van der Waals surface area contributed by atoms with Gasteiger partial charge < -0.3 is 9.52 Å². The van der Waals surface area contributed by atoms with Crippen LogP contribution in [0.2, 0.25) is 0 Å². The lowest BCUT2D eigenvalue weighted by Crippen LogP contribution is -2.12. The highest BCUT2D eigenvalue weighted by atomic mass is 32.2. The number of aromatic nitrogens is 2. The maximum absolute atomic E-state index is 12.1.